The molecule has 104 valence electrons. The molecule has 0 aromatic carbocycles. The average Bonchev–Trinajstić information content (AvgIpc) is 2.38. The zero-order valence-corrected chi connectivity index (χ0v) is 11.7. The lowest BCUT2D eigenvalue weighted by molar-refractivity contribution is -0.148. The van der Waals surface area contributed by atoms with Crippen molar-refractivity contribution in [2.45, 2.75) is 71.3 Å². The van der Waals surface area contributed by atoms with Gasteiger partial charge in [-0.05, 0) is 38.0 Å². The van der Waals surface area contributed by atoms with Crippen molar-refractivity contribution in [2.75, 3.05) is 0 Å². The third-order valence-corrected chi connectivity index (χ3v) is 4.09. The predicted octanol–water partition coefficient (Wildman–Crippen LogP) is 3.50. The second-order valence-electron chi connectivity index (χ2n) is 5.45. The van der Waals surface area contributed by atoms with E-state index in [0.29, 0.717) is 24.7 Å². The highest BCUT2D eigenvalue weighted by atomic mass is 16.5. The summed E-state index contributed by atoms with van der Waals surface area (Å²) in [5.41, 5.74) is 0. The lowest BCUT2D eigenvalue weighted by Crippen LogP contribution is -2.22. The minimum absolute atomic E-state index is 0.0228. The summed E-state index contributed by atoms with van der Waals surface area (Å²) in [6.45, 7) is 3.94. The Kier molecular flexibility index (Phi) is 6.99. The molecule has 1 rings (SSSR count). The lowest BCUT2D eigenvalue weighted by atomic mass is 9.75. The predicted molar refractivity (Wildman–Crippen MR) is 71.2 cm³/mol. The van der Waals surface area contributed by atoms with Crippen molar-refractivity contribution < 1.29 is 14.3 Å². The Hall–Kier alpha value is -0.860. The van der Waals surface area contributed by atoms with Crippen molar-refractivity contribution in [1.29, 1.82) is 0 Å². The van der Waals surface area contributed by atoms with Crippen molar-refractivity contribution in [1.82, 2.24) is 0 Å². The molecule has 3 unspecified atom stereocenters. The number of carbonyl (C=O) groups is 2. The molecule has 0 aliphatic heterocycles. The molecule has 1 aliphatic carbocycles. The van der Waals surface area contributed by atoms with E-state index < -0.39 is 0 Å². The van der Waals surface area contributed by atoms with Gasteiger partial charge in [0.2, 0.25) is 0 Å². The van der Waals surface area contributed by atoms with E-state index in [1.54, 1.807) is 0 Å². The Morgan fingerprint density at radius 3 is 2.61 bits per heavy atom. The Bertz CT molecular complexity index is 262. The first-order valence-electron chi connectivity index (χ1n) is 7.30. The number of hydrogen-bond acceptors (Lipinski definition) is 3. The standard InChI is InChI=1S/C15H26O3/c1-3-12(2)18-15(17)9-8-13-6-4-5-7-14(13)10-11-16/h11-14H,3-10H2,1-2H3. The van der Waals surface area contributed by atoms with Gasteiger partial charge in [-0.2, -0.15) is 0 Å². The van der Waals surface area contributed by atoms with Gasteiger partial charge in [-0.15, -0.1) is 0 Å². The van der Waals surface area contributed by atoms with E-state index in [1.165, 1.54) is 12.8 Å². The first kappa shape index (κ1) is 15.2. The van der Waals surface area contributed by atoms with Crippen molar-refractivity contribution in [3.05, 3.63) is 0 Å². The van der Waals surface area contributed by atoms with Gasteiger partial charge in [-0.1, -0.05) is 26.2 Å². The second kappa shape index (κ2) is 8.28. The first-order chi connectivity index (χ1) is 8.67. The molecular weight excluding hydrogens is 228 g/mol. The van der Waals surface area contributed by atoms with Crippen LogP contribution in [0.4, 0.5) is 0 Å². The first-order valence-corrected chi connectivity index (χ1v) is 7.30. The Balaban J connectivity index is 2.31. The molecule has 0 radical (unpaired) electrons. The van der Waals surface area contributed by atoms with Crippen LogP contribution < -0.4 is 0 Å². The summed E-state index contributed by atoms with van der Waals surface area (Å²) < 4.78 is 5.28. The van der Waals surface area contributed by atoms with E-state index in [4.69, 9.17) is 4.74 Å². The van der Waals surface area contributed by atoms with Crippen LogP contribution in [0.15, 0.2) is 0 Å². The van der Waals surface area contributed by atoms with Crippen LogP contribution in [0, 0.1) is 11.8 Å². The van der Waals surface area contributed by atoms with E-state index in [9.17, 15) is 9.59 Å². The molecule has 1 aliphatic rings. The molecule has 0 saturated heterocycles. The summed E-state index contributed by atoms with van der Waals surface area (Å²) >= 11 is 0. The fourth-order valence-electron chi connectivity index (χ4n) is 2.77. The molecule has 0 aromatic heterocycles. The maximum atomic E-state index is 11.6. The quantitative estimate of drug-likeness (QED) is 0.516. The van der Waals surface area contributed by atoms with Crippen molar-refractivity contribution >= 4 is 12.3 Å². The summed E-state index contributed by atoms with van der Waals surface area (Å²) in [7, 11) is 0. The van der Waals surface area contributed by atoms with Crippen LogP contribution in [-0.2, 0) is 14.3 Å². The van der Waals surface area contributed by atoms with Crippen LogP contribution in [0.25, 0.3) is 0 Å². The van der Waals surface area contributed by atoms with Gasteiger partial charge in [0.05, 0.1) is 6.10 Å². The third-order valence-electron chi connectivity index (χ3n) is 4.09. The van der Waals surface area contributed by atoms with E-state index in [2.05, 4.69) is 0 Å². The molecular formula is C15H26O3. The molecule has 1 fully saturated rings. The van der Waals surface area contributed by atoms with Crippen molar-refractivity contribution in [2.24, 2.45) is 11.8 Å². The van der Waals surface area contributed by atoms with Crippen LogP contribution >= 0.6 is 0 Å². The van der Waals surface area contributed by atoms with Crippen LogP contribution in [0.1, 0.15) is 65.2 Å². The maximum absolute atomic E-state index is 11.6. The van der Waals surface area contributed by atoms with Crippen LogP contribution in [0.2, 0.25) is 0 Å². The van der Waals surface area contributed by atoms with E-state index >= 15 is 0 Å². The number of hydrogen-bond donors (Lipinski definition) is 0. The average molecular weight is 254 g/mol. The smallest absolute Gasteiger partial charge is 0.306 e. The molecule has 0 amide bonds. The van der Waals surface area contributed by atoms with E-state index in [-0.39, 0.29) is 12.1 Å². The summed E-state index contributed by atoms with van der Waals surface area (Å²) in [6, 6.07) is 0. The van der Waals surface area contributed by atoms with Crippen LogP contribution in [0.3, 0.4) is 0 Å². The van der Waals surface area contributed by atoms with Gasteiger partial charge in [-0.3, -0.25) is 4.79 Å². The summed E-state index contributed by atoms with van der Waals surface area (Å²) in [5.74, 6) is 0.945. The van der Waals surface area contributed by atoms with Gasteiger partial charge in [0.25, 0.3) is 0 Å². The molecule has 18 heavy (non-hydrogen) atoms. The molecule has 3 heteroatoms. The lowest BCUT2D eigenvalue weighted by Gasteiger charge is -2.30. The number of esters is 1. The molecule has 0 heterocycles. The number of rotatable bonds is 7. The molecule has 0 N–H and O–H groups in total. The maximum Gasteiger partial charge on any atom is 0.306 e. The van der Waals surface area contributed by atoms with Crippen molar-refractivity contribution in [3.63, 3.8) is 0 Å². The van der Waals surface area contributed by atoms with Crippen LogP contribution in [-0.4, -0.2) is 18.4 Å². The highest BCUT2D eigenvalue weighted by molar-refractivity contribution is 5.69. The Labute approximate surface area is 110 Å². The molecule has 0 spiro atoms. The van der Waals surface area contributed by atoms with Gasteiger partial charge >= 0.3 is 5.97 Å². The fourth-order valence-corrected chi connectivity index (χ4v) is 2.77. The number of carbonyl (C=O) groups excluding carboxylic acids is 2. The SMILES string of the molecule is CCC(C)OC(=O)CCC1CCCCC1CC=O. The second-order valence-corrected chi connectivity index (χ2v) is 5.45. The van der Waals surface area contributed by atoms with Crippen molar-refractivity contribution in [3.8, 4) is 0 Å². The third kappa shape index (κ3) is 5.19. The van der Waals surface area contributed by atoms with Crippen LogP contribution in [0.5, 0.6) is 0 Å². The minimum Gasteiger partial charge on any atom is -0.463 e. The van der Waals surface area contributed by atoms with E-state index in [0.717, 1.165) is 32.0 Å². The molecule has 0 aromatic rings. The summed E-state index contributed by atoms with van der Waals surface area (Å²) in [5, 5.41) is 0. The highest BCUT2D eigenvalue weighted by Crippen LogP contribution is 2.34. The van der Waals surface area contributed by atoms with Gasteiger partial charge in [0.15, 0.2) is 0 Å². The van der Waals surface area contributed by atoms with Gasteiger partial charge in [0, 0.05) is 12.8 Å². The Morgan fingerprint density at radius 2 is 2.00 bits per heavy atom. The van der Waals surface area contributed by atoms with Gasteiger partial charge < -0.3 is 9.53 Å². The highest BCUT2D eigenvalue weighted by Gasteiger charge is 2.25. The minimum atomic E-state index is -0.0835. The Morgan fingerprint density at radius 1 is 1.33 bits per heavy atom. The fraction of sp³-hybridized carbons (Fsp3) is 0.867. The topological polar surface area (TPSA) is 43.4 Å². The van der Waals surface area contributed by atoms with Gasteiger partial charge in [0.1, 0.15) is 6.29 Å². The monoisotopic (exact) mass is 254 g/mol. The number of aldehydes is 1. The zero-order valence-electron chi connectivity index (χ0n) is 11.7. The van der Waals surface area contributed by atoms with Gasteiger partial charge in [-0.25, -0.2) is 0 Å². The zero-order chi connectivity index (χ0) is 13.4. The number of ether oxygens (including phenoxy) is 1. The normalized spacial score (nSPS) is 25.4. The molecule has 0 bridgehead atoms. The summed E-state index contributed by atoms with van der Waals surface area (Å²) in [4.78, 5) is 22.3. The molecule has 3 nitrogen and oxygen atoms in total. The molecule has 1 saturated carbocycles. The summed E-state index contributed by atoms with van der Waals surface area (Å²) in [6.07, 6.45) is 8.73. The van der Waals surface area contributed by atoms with E-state index in [1.807, 2.05) is 13.8 Å². The molecule has 3 atom stereocenters. The largest absolute Gasteiger partial charge is 0.463 e.